The summed E-state index contributed by atoms with van der Waals surface area (Å²) in [6.07, 6.45) is 3.76. The van der Waals surface area contributed by atoms with Crippen molar-refractivity contribution >= 4 is 11.9 Å². The molecule has 0 spiro atoms. The molecule has 0 aliphatic heterocycles. The van der Waals surface area contributed by atoms with Gasteiger partial charge >= 0.3 is 5.97 Å². The van der Waals surface area contributed by atoms with Crippen LogP contribution in [0.15, 0.2) is 0 Å². The molecule has 3 N–H and O–H groups in total. The van der Waals surface area contributed by atoms with Crippen molar-refractivity contribution in [2.75, 3.05) is 6.54 Å². The third-order valence-corrected chi connectivity index (χ3v) is 3.49. The molecule has 1 aliphatic rings. The van der Waals surface area contributed by atoms with E-state index in [1.807, 2.05) is 6.92 Å². The molecular weight excluding hydrogens is 222 g/mol. The zero-order valence-corrected chi connectivity index (χ0v) is 10.2. The minimum Gasteiger partial charge on any atom is -0.479 e. The van der Waals surface area contributed by atoms with Gasteiger partial charge < -0.3 is 15.5 Å². The molecule has 1 saturated carbocycles. The van der Waals surface area contributed by atoms with Crippen LogP contribution in [0.2, 0.25) is 0 Å². The third kappa shape index (κ3) is 4.00. The average molecular weight is 243 g/mol. The SMILES string of the molecule is CC1(C(=O)NCCC(O)C(=O)O)CCCCC1. The number of hydrogen-bond donors (Lipinski definition) is 3. The van der Waals surface area contributed by atoms with E-state index in [9.17, 15) is 9.59 Å². The number of aliphatic carboxylic acids is 1. The highest BCUT2D eigenvalue weighted by Gasteiger charge is 2.34. The number of aliphatic hydroxyl groups excluding tert-OH is 1. The molecular formula is C12H21NO4. The van der Waals surface area contributed by atoms with Crippen LogP contribution in [-0.4, -0.2) is 34.7 Å². The maximum atomic E-state index is 11.9. The second kappa shape index (κ2) is 6.00. The Kier molecular flexibility index (Phi) is 4.93. The number of aliphatic hydroxyl groups is 1. The Balaban J connectivity index is 2.31. The van der Waals surface area contributed by atoms with E-state index >= 15 is 0 Å². The summed E-state index contributed by atoms with van der Waals surface area (Å²) in [5, 5.41) is 20.3. The molecule has 5 nitrogen and oxygen atoms in total. The van der Waals surface area contributed by atoms with E-state index in [4.69, 9.17) is 10.2 Å². The van der Waals surface area contributed by atoms with Crippen LogP contribution in [-0.2, 0) is 9.59 Å². The number of carbonyl (C=O) groups is 2. The van der Waals surface area contributed by atoms with Gasteiger partial charge in [-0.1, -0.05) is 26.2 Å². The lowest BCUT2D eigenvalue weighted by atomic mass is 9.75. The van der Waals surface area contributed by atoms with Crippen LogP contribution in [0, 0.1) is 5.41 Å². The van der Waals surface area contributed by atoms with Crippen molar-refractivity contribution < 1.29 is 19.8 Å². The van der Waals surface area contributed by atoms with Gasteiger partial charge in [0.25, 0.3) is 0 Å². The van der Waals surface area contributed by atoms with Crippen LogP contribution in [0.25, 0.3) is 0 Å². The number of rotatable bonds is 5. The summed E-state index contributed by atoms with van der Waals surface area (Å²) < 4.78 is 0. The van der Waals surface area contributed by atoms with Gasteiger partial charge in [0.1, 0.15) is 0 Å². The Morgan fingerprint density at radius 2 is 1.88 bits per heavy atom. The Hall–Kier alpha value is -1.10. The van der Waals surface area contributed by atoms with E-state index in [-0.39, 0.29) is 24.3 Å². The Morgan fingerprint density at radius 1 is 1.29 bits per heavy atom. The first-order valence-electron chi connectivity index (χ1n) is 6.15. The minimum atomic E-state index is -1.39. The van der Waals surface area contributed by atoms with Crippen molar-refractivity contribution in [3.8, 4) is 0 Å². The highest BCUT2D eigenvalue weighted by molar-refractivity contribution is 5.82. The van der Waals surface area contributed by atoms with E-state index in [0.29, 0.717) is 0 Å². The number of amides is 1. The van der Waals surface area contributed by atoms with Crippen molar-refractivity contribution in [2.24, 2.45) is 5.41 Å². The molecule has 0 aromatic carbocycles. The molecule has 0 radical (unpaired) electrons. The summed E-state index contributed by atoms with van der Waals surface area (Å²) in [6, 6.07) is 0. The van der Waals surface area contributed by atoms with E-state index in [1.165, 1.54) is 6.42 Å². The van der Waals surface area contributed by atoms with Gasteiger partial charge in [0.15, 0.2) is 6.10 Å². The zero-order valence-electron chi connectivity index (χ0n) is 10.2. The van der Waals surface area contributed by atoms with Crippen LogP contribution in [0.4, 0.5) is 0 Å². The van der Waals surface area contributed by atoms with Crippen molar-refractivity contribution in [1.82, 2.24) is 5.32 Å². The maximum Gasteiger partial charge on any atom is 0.332 e. The second-order valence-electron chi connectivity index (χ2n) is 5.02. The highest BCUT2D eigenvalue weighted by Crippen LogP contribution is 2.35. The standard InChI is InChI=1S/C12H21NO4/c1-12(6-3-2-4-7-12)11(17)13-8-5-9(14)10(15)16/h9,14H,2-8H2,1H3,(H,13,17)(H,15,16). The fourth-order valence-electron chi connectivity index (χ4n) is 2.22. The molecule has 0 heterocycles. The van der Waals surface area contributed by atoms with Crippen molar-refractivity contribution in [2.45, 2.75) is 51.6 Å². The molecule has 17 heavy (non-hydrogen) atoms. The van der Waals surface area contributed by atoms with Gasteiger partial charge in [0.05, 0.1) is 0 Å². The highest BCUT2D eigenvalue weighted by atomic mass is 16.4. The molecule has 1 rings (SSSR count). The fraction of sp³-hybridized carbons (Fsp3) is 0.833. The number of nitrogens with one attached hydrogen (secondary N) is 1. The largest absolute Gasteiger partial charge is 0.479 e. The molecule has 0 aromatic rings. The summed E-state index contributed by atoms with van der Waals surface area (Å²) in [6.45, 7) is 2.16. The first kappa shape index (κ1) is 14.0. The van der Waals surface area contributed by atoms with Crippen LogP contribution in [0.5, 0.6) is 0 Å². The Bertz CT molecular complexity index is 284. The zero-order chi connectivity index (χ0) is 12.9. The van der Waals surface area contributed by atoms with E-state index in [1.54, 1.807) is 0 Å². The van der Waals surface area contributed by atoms with Gasteiger partial charge in [0, 0.05) is 18.4 Å². The summed E-state index contributed by atoms with van der Waals surface area (Å²) in [5.74, 6) is -1.27. The monoisotopic (exact) mass is 243 g/mol. The lowest BCUT2D eigenvalue weighted by Crippen LogP contribution is -2.41. The quantitative estimate of drug-likeness (QED) is 0.670. The number of carboxylic acid groups (broad SMARTS) is 1. The van der Waals surface area contributed by atoms with Gasteiger partial charge in [0.2, 0.25) is 5.91 Å². The molecule has 1 unspecified atom stereocenters. The van der Waals surface area contributed by atoms with Crippen molar-refractivity contribution in [1.29, 1.82) is 0 Å². The normalized spacial score (nSPS) is 20.6. The molecule has 98 valence electrons. The van der Waals surface area contributed by atoms with Crippen LogP contribution >= 0.6 is 0 Å². The second-order valence-corrected chi connectivity index (χ2v) is 5.02. The first-order valence-corrected chi connectivity index (χ1v) is 6.15. The maximum absolute atomic E-state index is 11.9. The summed E-state index contributed by atoms with van der Waals surface area (Å²) >= 11 is 0. The van der Waals surface area contributed by atoms with Gasteiger partial charge in [-0.2, -0.15) is 0 Å². The molecule has 1 aliphatic carbocycles. The lowest BCUT2D eigenvalue weighted by Gasteiger charge is -2.32. The lowest BCUT2D eigenvalue weighted by molar-refractivity contribution is -0.147. The van der Waals surface area contributed by atoms with Crippen molar-refractivity contribution in [3.05, 3.63) is 0 Å². The van der Waals surface area contributed by atoms with Crippen LogP contribution < -0.4 is 5.32 Å². The first-order chi connectivity index (χ1) is 7.96. The van der Waals surface area contributed by atoms with Crippen molar-refractivity contribution in [3.63, 3.8) is 0 Å². The fourth-order valence-corrected chi connectivity index (χ4v) is 2.22. The summed E-state index contributed by atoms with van der Waals surface area (Å²) in [5.41, 5.74) is -0.313. The van der Waals surface area contributed by atoms with Gasteiger partial charge in [-0.3, -0.25) is 4.79 Å². The molecule has 0 saturated heterocycles. The smallest absolute Gasteiger partial charge is 0.332 e. The van der Waals surface area contributed by atoms with Crippen LogP contribution in [0.3, 0.4) is 0 Å². The predicted octanol–water partition coefficient (Wildman–Crippen LogP) is 0.909. The molecule has 1 atom stereocenters. The Morgan fingerprint density at radius 3 is 2.41 bits per heavy atom. The van der Waals surface area contributed by atoms with E-state index < -0.39 is 12.1 Å². The van der Waals surface area contributed by atoms with Crippen LogP contribution in [0.1, 0.15) is 45.4 Å². The van der Waals surface area contributed by atoms with Gasteiger partial charge in [-0.25, -0.2) is 4.79 Å². The van der Waals surface area contributed by atoms with E-state index in [2.05, 4.69) is 5.32 Å². The number of hydrogen-bond acceptors (Lipinski definition) is 3. The molecule has 5 heteroatoms. The number of carboxylic acids is 1. The topological polar surface area (TPSA) is 86.6 Å². The minimum absolute atomic E-state index is 0.0187. The van der Waals surface area contributed by atoms with Gasteiger partial charge in [-0.05, 0) is 12.8 Å². The summed E-state index contributed by atoms with van der Waals surface area (Å²) in [4.78, 5) is 22.3. The molecule has 0 bridgehead atoms. The number of carbonyl (C=O) groups excluding carboxylic acids is 1. The van der Waals surface area contributed by atoms with Gasteiger partial charge in [-0.15, -0.1) is 0 Å². The molecule has 0 aromatic heterocycles. The predicted molar refractivity (Wildman–Crippen MR) is 62.5 cm³/mol. The molecule has 1 amide bonds. The average Bonchev–Trinajstić information content (AvgIpc) is 2.29. The molecule has 1 fully saturated rings. The third-order valence-electron chi connectivity index (χ3n) is 3.49. The Labute approximate surface area is 101 Å². The van der Waals surface area contributed by atoms with E-state index in [0.717, 1.165) is 25.7 Å². The summed E-state index contributed by atoms with van der Waals surface area (Å²) in [7, 11) is 0.